The van der Waals surface area contributed by atoms with Crippen LogP contribution in [0.1, 0.15) is 6.92 Å². The molecule has 0 bridgehead atoms. The minimum absolute atomic E-state index is 0.222. The number of nitrogens with zero attached hydrogens (tertiary/aromatic N) is 2. The number of primary amides is 1. The highest BCUT2D eigenvalue weighted by molar-refractivity contribution is 5.75. The average Bonchev–Trinajstić information content (AvgIpc) is 2.05. The van der Waals surface area contributed by atoms with E-state index in [1.807, 2.05) is 0 Å². The van der Waals surface area contributed by atoms with Crippen molar-refractivity contribution in [1.29, 1.82) is 0 Å². The van der Waals surface area contributed by atoms with Gasteiger partial charge in [-0.3, -0.25) is 9.69 Å². The molecule has 4 nitrogen and oxygen atoms in total. The van der Waals surface area contributed by atoms with E-state index in [0.29, 0.717) is 6.54 Å². The number of carbonyl (C=O) groups is 1. The smallest absolute Gasteiger partial charge is 0.231 e. The van der Waals surface area contributed by atoms with Crippen molar-refractivity contribution in [3.05, 3.63) is 0 Å². The van der Waals surface area contributed by atoms with Crippen molar-refractivity contribution < 1.29 is 4.79 Å². The van der Waals surface area contributed by atoms with E-state index >= 15 is 0 Å². The van der Waals surface area contributed by atoms with Crippen LogP contribution in [0.3, 0.4) is 0 Å². The van der Waals surface area contributed by atoms with E-state index in [2.05, 4.69) is 16.7 Å². The molecule has 1 saturated heterocycles. The van der Waals surface area contributed by atoms with Gasteiger partial charge in [0.25, 0.3) is 0 Å². The number of piperazine rings is 1. The first-order valence-corrected chi connectivity index (χ1v) is 4.45. The molecular formula is C8H17N3O. The van der Waals surface area contributed by atoms with E-state index in [1.165, 1.54) is 0 Å². The van der Waals surface area contributed by atoms with Crippen molar-refractivity contribution in [2.45, 2.75) is 6.92 Å². The Morgan fingerprint density at radius 1 is 1.25 bits per heavy atom. The summed E-state index contributed by atoms with van der Waals surface area (Å²) in [6.07, 6.45) is 0. The number of amides is 1. The van der Waals surface area contributed by atoms with Crippen molar-refractivity contribution in [2.75, 3.05) is 39.3 Å². The lowest BCUT2D eigenvalue weighted by Gasteiger charge is -2.33. The first-order valence-electron chi connectivity index (χ1n) is 4.45. The molecule has 0 saturated carbocycles. The Morgan fingerprint density at radius 3 is 2.17 bits per heavy atom. The van der Waals surface area contributed by atoms with Crippen LogP contribution < -0.4 is 5.73 Å². The maximum Gasteiger partial charge on any atom is 0.231 e. The van der Waals surface area contributed by atoms with Crippen LogP contribution in [0.25, 0.3) is 0 Å². The van der Waals surface area contributed by atoms with E-state index in [9.17, 15) is 4.79 Å². The highest BCUT2D eigenvalue weighted by atomic mass is 16.1. The van der Waals surface area contributed by atoms with Crippen molar-refractivity contribution in [3.8, 4) is 0 Å². The number of hydrogen-bond acceptors (Lipinski definition) is 3. The van der Waals surface area contributed by atoms with Crippen LogP contribution >= 0.6 is 0 Å². The number of carbonyl (C=O) groups excluding carboxylic acids is 1. The third-order valence-corrected chi connectivity index (χ3v) is 2.29. The van der Waals surface area contributed by atoms with Gasteiger partial charge in [-0.2, -0.15) is 0 Å². The van der Waals surface area contributed by atoms with Gasteiger partial charge in [0.1, 0.15) is 0 Å². The van der Waals surface area contributed by atoms with Gasteiger partial charge >= 0.3 is 0 Å². The summed E-state index contributed by atoms with van der Waals surface area (Å²) in [5.74, 6) is -0.222. The lowest BCUT2D eigenvalue weighted by atomic mass is 10.3. The number of nitrogens with two attached hydrogens (primary N) is 1. The van der Waals surface area contributed by atoms with Gasteiger partial charge < -0.3 is 10.6 Å². The molecule has 1 fully saturated rings. The van der Waals surface area contributed by atoms with Gasteiger partial charge in [0, 0.05) is 26.2 Å². The molecule has 1 aliphatic rings. The van der Waals surface area contributed by atoms with Crippen LogP contribution in [0, 0.1) is 0 Å². The summed E-state index contributed by atoms with van der Waals surface area (Å²) >= 11 is 0. The number of hydrogen-bond donors (Lipinski definition) is 1. The molecule has 1 aliphatic heterocycles. The second-order valence-electron chi connectivity index (χ2n) is 3.18. The van der Waals surface area contributed by atoms with E-state index in [4.69, 9.17) is 5.73 Å². The Balaban J connectivity index is 2.21. The first kappa shape index (κ1) is 9.48. The van der Waals surface area contributed by atoms with Crippen LogP contribution in [0.4, 0.5) is 0 Å². The Kier molecular flexibility index (Phi) is 3.49. The lowest BCUT2D eigenvalue weighted by molar-refractivity contribution is -0.119. The molecule has 0 radical (unpaired) electrons. The third kappa shape index (κ3) is 2.79. The zero-order valence-corrected chi connectivity index (χ0v) is 7.62. The van der Waals surface area contributed by atoms with Crippen LogP contribution in [0.5, 0.6) is 0 Å². The highest BCUT2D eigenvalue weighted by Gasteiger charge is 2.15. The molecule has 1 amide bonds. The molecular weight excluding hydrogens is 154 g/mol. The summed E-state index contributed by atoms with van der Waals surface area (Å²) in [7, 11) is 0. The van der Waals surface area contributed by atoms with E-state index in [1.54, 1.807) is 0 Å². The SMILES string of the molecule is CCN1CCN(CC(N)=O)CC1. The number of rotatable bonds is 3. The quantitative estimate of drug-likeness (QED) is 0.599. The van der Waals surface area contributed by atoms with E-state index < -0.39 is 0 Å². The molecule has 12 heavy (non-hydrogen) atoms. The van der Waals surface area contributed by atoms with E-state index in [0.717, 1.165) is 32.7 Å². The molecule has 0 aromatic rings. The summed E-state index contributed by atoms with van der Waals surface area (Å²) < 4.78 is 0. The summed E-state index contributed by atoms with van der Waals surface area (Å²) in [5, 5.41) is 0. The molecule has 0 aromatic heterocycles. The third-order valence-electron chi connectivity index (χ3n) is 2.29. The molecule has 2 N–H and O–H groups in total. The van der Waals surface area contributed by atoms with Gasteiger partial charge in [-0.1, -0.05) is 6.92 Å². The fourth-order valence-corrected chi connectivity index (χ4v) is 1.48. The lowest BCUT2D eigenvalue weighted by Crippen LogP contribution is -2.48. The van der Waals surface area contributed by atoms with Crippen LogP contribution in [0.15, 0.2) is 0 Å². The Morgan fingerprint density at radius 2 is 1.75 bits per heavy atom. The van der Waals surface area contributed by atoms with Crippen LogP contribution in [-0.4, -0.2) is 55.0 Å². The fourth-order valence-electron chi connectivity index (χ4n) is 1.48. The van der Waals surface area contributed by atoms with Crippen molar-refractivity contribution in [1.82, 2.24) is 9.80 Å². The maximum atomic E-state index is 10.6. The molecule has 0 aromatic carbocycles. The van der Waals surface area contributed by atoms with Crippen molar-refractivity contribution in [2.24, 2.45) is 5.73 Å². The molecule has 0 aliphatic carbocycles. The zero-order chi connectivity index (χ0) is 8.97. The van der Waals surface area contributed by atoms with Crippen molar-refractivity contribution in [3.63, 3.8) is 0 Å². The largest absolute Gasteiger partial charge is 0.369 e. The van der Waals surface area contributed by atoms with E-state index in [-0.39, 0.29) is 5.91 Å². The molecule has 0 atom stereocenters. The second kappa shape index (κ2) is 4.42. The Labute approximate surface area is 73.3 Å². The minimum atomic E-state index is -0.222. The zero-order valence-electron chi connectivity index (χ0n) is 7.62. The van der Waals surface area contributed by atoms with Gasteiger partial charge in [0.2, 0.25) is 5.91 Å². The van der Waals surface area contributed by atoms with Crippen molar-refractivity contribution >= 4 is 5.91 Å². The average molecular weight is 171 g/mol. The van der Waals surface area contributed by atoms with Gasteiger partial charge in [0.15, 0.2) is 0 Å². The first-order chi connectivity index (χ1) is 5.72. The molecule has 1 heterocycles. The molecule has 4 heteroatoms. The predicted molar refractivity (Wildman–Crippen MR) is 47.7 cm³/mol. The Hall–Kier alpha value is -0.610. The topological polar surface area (TPSA) is 49.6 Å². The highest BCUT2D eigenvalue weighted by Crippen LogP contribution is 1.99. The molecule has 0 spiro atoms. The number of likely N-dealkylation sites (N-methyl/N-ethyl adjacent to an activating group) is 1. The van der Waals surface area contributed by atoms with Gasteiger partial charge in [-0.25, -0.2) is 0 Å². The predicted octanol–water partition coefficient (Wildman–Crippen LogP) is -0.891. The van der Waals surface area contributed by atoms with Gasteiger partial charge in [0.05, 0.1) is 6.54 Å². The summed E-state index contributed by atoms with van der Waals surface area (Å²) in [5.41, 5.74) is 5.10. The summed E-state index contributed by atoms with van der Waals surface area (Å²) in [4.78, 5) is 15.1. The minimum Gasteiger partial charge on any atom is -0.369 e. The second-order valence-corrected chi connectivity index (χ2v) is 3.18. The molecule has 70 valence electrons. The standard InChI is InChI=1S/C8H17N3O/c1-2-10-3-5-11(6-4-10)7-8(9)12/h2-7H2,1H3,(H2,9,12). The summed E-state index contributed by atoms with van der Waals surface area (Å²) in [6.45, 7) is 7.73. The molecule has 0 unspecified atom stereocenters. The van der Waals surface area contributed by atoms with Gasteiger partial charge in [-0.15, -0.1) is 0 Å². The van der Waals surface area contributed by atoms with Gasteiger partial charge in [-0.05, 0) is 6.54 Å². The monoisotopic (exact) mass is 171 g/mol. The maximum absolute atomic E-state index is 10.6. The summed E-state index contributed by atoms with van der Waals surface area (Å²) in [6, 6.07) is 0. The van der Waals surface area contributed by atoms with Crippen LogP contribution in [0.2, 0.25) is 0 Å². The fraction of sp³-hybridized carbons (Fsp3) is 0.875. The van der Waals surface area contributed by atoms with Crippen LogP contribution in [-0.2, 0) is 4.79 Å². The molecule has 1 rings (SSSR count). The normalized spacial score (nSPS) is 21.1. The Bertz CT molecular complexity index is 152.